The van der Waals surface area contributed by atoms with Crippen molar-refractivity contribution in [2.45, 2.75) is 12.8 Å². The Balaban J connectivity index is 3.16. The first-order valence-corrected chi connectivity index (χ1v) is 4.87. The molecular formula is C8H7ClF2O2S. The highest BCUT2D eigenvalue weighted by molar-refractivity contribution is 7.11. The molecule has 0 bridgehead atoms. The highest BCUT2D eigenvalue weighted by Crippen LogP contribution is 2.40. The van der Waals surface area contributed by atoms with E-state index in [9.17, 15) is 13.6 Å². The zero-order valence-corrected chi connectivity index (χ0v) is 9.01. The number of thiophene rings is 1. The summed E-state index contributed by atoms with van der Waals surface area (Å²) in [5, 5.41) is 1.39. The summed E-state index contributed by atoms with van der Waals surface area (Å²) in [5.41, 5.74) is 0.523. The molecule has 1 heterocycles. The van der Waals surface area contributed by atoms with Crippen LogP contribution in [0.25, 0.3) is 0 Å². The van der Waals surface area contributed by atoms with Gasteiger partial charge in [-0.05, 0) is 17.9 Å². The fourth-order valence-corrected chi connectivity index (χ4v) is 2.14. The van der Waals surface area contributed by atoms with Gasteiger partial charge in [-0.15, -0.1) is 11.3 Å². The lowest BCUT2D eigenvalue weighted by atomic mass is 10.2. The van der Waals surface area contributed by atoms with E-state index in [0.29, 0.717) is 5.56 Å². The molecule has 0 saturated heterocycles. The van der Waals surface area contributed by atoms with E-state index in [-0.39, 0.29) is 5.02 Å². The summed E-state index contributed by atoms with van der Waals surface area (Å²) >= 11 is 6.36. The zero-order chi connectivity index (χ0) is 10.9. The minimum Gasteiger partial charge on any atom is -0.464 e. The largest absolute Gasteiger partial charge is 0.464 e. The number of hydrogen-bond acceptors (Lipinski definition) is 3. The van der Waals surface area contributed by atoms with Crippen LogP contribution in [0.1, 0.15) is 10.4 Å². The molecule has 1 aromatic rings. The summed E-state index contributed by atoms with van der Waals surface area (Å²) in [5.74, 6) is -5.26. The molecule has 0 N–H and O–H groups in total. The van der Waals surface area contributed by atoms with E-state index in [1.807, 2.05) is 0 Å². The summed E-state index contributed by atoms with van der Waals surface area (Å²) in [7, 11) is 0.907. The molecule has 0 spiro atoms. The predicted molar refractivity (Wildman–Crippen MR) is 50.0 cm³/mol. The third kappa shape index (κ3) is 1.74. The maximum Gasteiger partial charge on any atom is 0.382 e. The maximum absolute atomic E-state index is 13.3. The molecule has 2 nitrogen and oxygen atoms in total. The molecule has 0 unspecified atom stereocenters. The maximum atomic E-state index is 13.3. The Labute approximate surface area is 88.4 Å². The molecule has 6 heteroatoms. The minimum atomic E-state index is -3.66. The van der Waals surface area contributed by atoms with Gasteiger partial charge in [0.25, 0.3) is 0 Å². The van der Waals surface area contributed by atoms with Crippen LogP contribution in [0.3, 0.4) is 0 Å². The summed E-state index contributed by atoms with van der Waals surface area (Å²) in [4.78, 5) is 10.3. The van der Waals surface area contributed by atoms with Crippen LogP contribution >= 0.6 is 22.9 Å². The van der Waals surface area contributed by atoms with Gasteiger partial charge in [0.05, 0.1) is 12.1 Å². The Morgan fingerprint density at radius 1 is 1.64 bits per heavy atom. The highest BCUT2D eigenvalue weighted by Gasteiger charge is 2.45. The van der Waals surface area contributed by atoms with E-state index in [2.05, 4.69) is 4.74 Å². The molecule has 78 valence electrons. The molecule has 0 atom stereocenters. The Morgan fingerprint density at radius 2 is 2.21 bits per heavy atom. The number of methoxy groups -OCH3 is 1. The predicted octanol–water partition coefficient (Wildman–Crippen LogP) is 2.97. The van der Waals surface area contributed by atoms with Crippen LogP contribution in [0.15, 0.2) is 5.38 Å². The number of carbonyl (C=O) groups is 1. The van der Waals surface area contributed by atoms with Crippen LogP contribution in [-0.2, 0) is 15.5 Å². The number of alkyl halides is 2. The fourth-order valence-electron chi connectivity index (χ4n) is 0.863. The second-order valence-electron chi connectivity index (χ2n) is 2.63. The van der Waals surface area contributed by atoms with Crippen molar-refractivity contribution >= 4 is 28.9 Å². The monoisotopic (exact) mass is 240 g/mol. The first-order valence-electron chi connectivity index (χ1n) is 3.61. The average Bonchev–Trinajstić information content (AvgIpc) is 2.46. The third-order valence-electron chi connectivity index (χ3n) is 1.63. The van der Waals surface area contributed by atoms with Crippen molar-refractivity contribution in [3.8, 4) is 0 Å². The summed E-state index contributed by atoms with van der Waals surface area (Å²) in [6.45, 7) is 1.59. The second kappa shape index (κ2) is 3.82. The topological polar surface area (TPSA) is 26.3 Å². The highest BCUT2D eigenvalue weighted by atomic mass is 35.5. The number of esters is 1. The van der Waals surface area contributed by atoms with Gasteiger partial charge in [0.1, 0.15) is 4.88 Å². The summed E-state index contributed by atoms with van der Waals surface area (Å²) in [6.07, 6.45) is 0. The smallest absolute Gasteiger partial charge is 0.382 e. The van der Waals surface area contributed by atoms with Crippen LogP contribution < -0.4 is 0 Å². The number of aryl methyl sites for hydroxylation is 1. The van der Waals surface area contributed by atoms with Crippen LogP contribution in [0.4, 0.5) is 8.78 Å². The number of halogens is 3. The van der Waals surface area contributed by atoms with Crippen molar-refractivity contribution < 1.29 is 18.3 Å². The van der Waals surface area contributed by atoms with Gasteiger partial charge >= 0.3 is 11.9 Å². The van der Waals surface area contributed by atoms with Gasteiger partial charge in [-0.2, -0.15) is 8.78 Å². The van der Waals surface area contributed by atoms with Gasteiger partial charge < -0.3 is 4.74 Å². The molecule has 0 aliphatic carbocycles. The van der Waals surface area contributed by atoms with Crippen molar-refractivity contribution in [2.24, 2.45) is 0 Å². The van der Waals surface area contributed by atoms with E-state index in [0.717, 1.165) is 18.4 Å². The lowest BCUT2D eigenvalue weighted by molar-refractivity contribution is -0.169. The zero-order valence-electron chi connectivity index (χ0n) is 7.44. The van der Waals surface area contributed by atoms with Crippen molar-refractivity contribution in [3.05, 3.63) is 20.8 Å². The van der Waals surface area contributed by atoms with Crippen molar-refractivity contribution in [3.63, 3.8) is 0 Å². The molecule has 1 aromatic heterocycles. The third-order valence-corrected chi connectivity index (χ3v) is 3.39. The van der Waals surface area contributed by atoms with Gasteiger partial charge in [0.2, 0.25) is 0 Å². The Kier molecular flexibility index (Phi) is 3.11. The molecule has 0 amide bonds. The van der Waals surface area contributed by atoms with E-state index >= 15 is 0 Å². The number of hydrogen-bond donors (Lipinski definition) is 0. The quantitative estimate of drug-likeness (QED) is 0.743. The first-order chi connectivity index (χ1) is 6.41. The standard InChI is InChI=1S/C8H7ClF2O2S/c1-4-3-14-6(5(4)9)8(10,11)7(12)13-2/h3H,1-2H3. The Morgan fingerprint density at radius 3 is 2.57 bits per heavy atom. The minimum absolute atomic E-state index is 0.0783. The summed E-state index contributed by atoms with van der Waals surface area (Å²) in [6, 6.07) is 0. The number of ether oxygens (including phenoxy) is 1. The molecule has 1 rings (SSSR count). The molecule has 0 aliphatic heterocycles. The second-order valence-corrected chi connectivity index (χ2v) is 3.89. The molecule has 0 saturated carbocycles. The van der Waals surface area contributed by atoms with Gasteiger partial charge in [-0.25, -0.2) is 4.79 Å². The Hall–Kier alpha value is -0.680. The van der Waals surface area contributed by atoms with Gasteiger partial charge in [-0.3, -0.25) is 0 Å². The van der Waals surface area contributed by atoms with Crippen molar-refractivity contribution in [1.29, 1.82) is 0 Å². The van der Waals surface area contributed by atoms with Crippen LogP contribution in [0.5, 0.6) is 0 Å². The molecule has 0 radical (unpaired) electrons. The lowest BCUT2D eigenvalue weighted by Crippen LogP contribution is -2.26. The fraction of sp³-hybridized carbons (Fsp3) is 0.375. The van der Waals surface area contributed by atoms with E-state index in [1.54, 1.807) is 6.92 Å². The molecule has 14 heavy (non-hydrogen) atoms. The van der Waals surface area contributed by atoms with Crippen LogP contribution in [0.2, 0.25) is 5.02 Å². The van der Waals surface area contributed by atoms with Crippen molar-refractivity contribution in [2.75, 3.05) is 7.11 Å². The molecule has 0 aromatic carbocycles. The SMILES string of the molecule is COC(=O)C(F)(F)c1scc(C)c1Cl. The van der Waals surface area contributed by atoms with Crippen molar-refractivity contribution in [1.82, 2.24) is 0 Å². The van der Waals surface area contributed by atoms with Gasteiger partial charge in [0.15, 0.2) is 0 Å². The lowest BCUT2D eigenvalue weighted by Gasteiger charge is -2.11. The average molecular weight is 241 g/mol. The molecular weight excluding hydrogens is 234 g/mol. The number of rotatable bonds is 2. The molecule has 0 fully saturated rings. The van der Waals surface area contributed by atoms with E-state index in [1.165, 1.54) is 5.38 Å². The Bertz CT molecular complexity index is 362. The van der Waals surface area contributed by atoms with Crippen LogP contribution in [-0.4, -0.2) is 13.1 Å². The van der Waals surface area contributed by atoms with Gasteiger partial charge in [0, 0.05) is 0 Å². The van der Waals surface area contributed by atoms with E-state index < -0.39 is 16.8 Å². The number of carbonyl (C=O) groups excluding carboxylic acids is 1. The van der Waals surface area contributed by atoms with Crippen LogP contribution in [0, 0.1) is 6.92 Å². The van der Waals surface area contributed by atoms with Gasteiger partial charge in [-0.1, -0.05) is 11.6 Å². The summed E-state index contributed by atoms with van der Waals surface area (Å²) < 4.78 is 30.5. The van der Waals surface area contributed by atoms with E-state index in [4.69, 9.17) is 11.6 Å². The first kappa shape index (κ1) is 11.4. The molecule has 0 aliphatic rings. The normalized spacial score (nSPS) is 11.5.